The van der Waals surface area contributed by atoms with E-state index in [-0.39, 0.29) is 0 Å². The predicted molar refractivity (Wildman–Crippen MR) is 75.3 cm³/mol. The van der Waals surface area contributed by atoms with Crippen molar-refractivity contribution in [2.45, 2.75) is 58.1 Å². The van der Waals surface area contributed by atoms with Gasteiger partial charge in [-0.1, -0.05) is 13.8 Å². The standard InChI is InChI=1S/C15H23N3O/c1-9(2)15-16-10(3)8-13(18-15)17-12-6-7-19-14(12)11-4-5-11/h8-9,11-12,14H,4-7H2,1-3H3,(H,16,17,18). The summed E-state index contributed by atoms with van der Waals surface area (Å²) in [6.07, 6.45) is 4.12. The number of aromatic nitrogens is 2. The van der Waals surface area contributed by atoms with Gasteiger partial charge in [-0.15, -0.1) is 0 Å². The molecule has 2 heterocycles. The first-order chi connectivity index (χ1) is 9.13. The van der Waals surface area contributed by atoms with Gasteiger partial charge in [0, 0.05) is 24.3 Å². The Hall–Kier alpha value is -1.16. The summed E-state index contributed by atoms with van der Waals surface area (Å²) in [6.45, 7) is 7.16. The van der Waals surface area contributed by atoms with Gasteiger partial charge >= 0.3 is 0 Å². The molecule has 104 valence electrons. The summed E-state index contributed by atoms with van der Waals surface area (Å²) in [5.41, 5.74) is 1.03. The number of nitrogens with zero attached hydrogens (tertiary/aromatic N) is 2. The maximum atomic E-state index is 5.86. The average molecular weight is 261 g/mol. The first-order valence-corrected chi connectivity index (χ1v) is 7.37. The second-order valence-corrected chi connectivity index (χ2v) is 6.12. The average Bonchev–Trinajstić information content (AvgIpc) is 3.10. The molecule has 1 saturated heterocycles. The minimum absolute atomic E-state index is 0.361. The van der Waals surface area contributed by atoms with Gasteiger partial charge in [-0.2, -0.15) is 0 Å². The molecular formula is C15H23N3O. The van der Waals surface area contributed by atoms with Crippen LogP contribution in [-0.4, -0.2) is 28.7 Å². The van der Waals surface area contributed by atoms with Gasteiger partial charge in [0.25, 0.3) is 0 Å². The lowest BCUT2D eigenvalue weighted by Crippen LogP contribution is -2.31. The van der Waals surface area contributed by atoms with Crippen LogP contribution in [0, 0.1) is 12.8 Å². The van der Waals surface area contributed by atoms with Crippen molar-refractivity contribution in [1.82, 2.24) is 9.97 Å². The van der Waals surface area contributed by atoms with Crippen molar-refractivity contribution in [3.05, 3.63) is 17.6 Å². The highest BCUT2D eigenvalue weighted by molar-refractivity contribution is 5.38. The van der Waals surface area contributed by atoms with E-state index in [1.165, 1.54) is 12.8 Å². The number of anilines is 1. The highest BCUT2D eigenvalue weighted by Crippen LogP contribution is 2.39. The van der Waals surface area contributed by atoms with Gasteiger partial charge in [0.2, 0.25) is 0 Å². The smallest absolute Gasteiger partial charge is 0.133 e. The van der Waals surface area contributed by atoms with E-state index in [0.29, 0.717) is 18.1 Å². The molecule has 0 aromatic carbocycles. The number of aryl methyl sites for hydroxylation is 1. The number of hydrogen-bond acceptors (Lipinski definition) is 4. The number of ether oxygens (including phenoxy) is 1. The van der Waals surface area contributed by atoms with Gasteiger partial charge in [0.1, 0.15) is 11.6 Å². The largest absolute Gasteiger partial charge is 0.376 e. The summed E-state index contributed by atoms with van der Waals surface area (Å²) in [7, 11) is 0. The first kappa shape index (κ1) is 12.9. The first-order valence-electron chi connectivity index (χ1n) is 7.37. The van der Waals surface area contributed by atoms with Gasteiger partial charge in [-0.05, 0) is 32.1 Å². The fourth-order valence-electron chi connectivity index (χ4n) is 2.77. The maximum Gasteiger partial charge on any atom is 0.133 e. The Balaban J connectivity index is 1.75. The number of nitrogens with one attached hydrogen (secondary N) is 1. The van der Waals surface area contributed by atoms with Crippen molar-refractivity contribution in [2.24, 2.45) is 5.92 Å². The van der Waals surface area contributed by atoms with E-state index in [4.69, 9.17) is 4.74 Å². The molecule has 1 N–H and O–H groups in total. The third-order valence-corrected chi connectivity index (χ3v) is 3.94. The molecule has 4 nitrogen and oxygen atoms in total. The molecule has 3 rings (SSSR count). The number of rotatable bonds is 4. The van der Waals surface area contributed by atoms with E-state index in [2.05, 4.69) is 29.1 Å². The third-order valence-electron chi connectivity index (χ3n) is 3.94. The zero-order chi connectivity index (χ0) is 13.4. The second-order valence-electron chi connectivity index (χ2n) is 6.12. The Kier molecular flexibility index (Phi) is 3.44. The van der Waals surface area contributed by atoms with Crippen molar-refractivity contribution in [3.63, 3.8) is 0 Å². The maximum absolute atomic E-state index is 5.86. The summed E-state index contributed by atoms with van der Waals surface area (Å²) in [5, 5.41) is 3.57. The fourth-order valence-corrected chi connectivity index (χ4v) is 2.77. The molecule has 0 spiro atoms. The molecule has 0 radical (unpaired) electrons. The zero-order valence-electron chi connectivity index (χ0n) is 12.0. The van der Waals surface area contributed by atoms with Crippen LogP contribution >= 0.6 is 0 Å². The van der Waals surface area contributed by atoms with Crippen molar-refractivity contribution in [1.29, 1.82) is 0 Å². The van der Waals surface area contributed by atoms with Gasteiger partial charge in [-0.3, -0.25) is 0 Å². The lowest BCUT2D eigenvalue weighted by atomic mass is 10.1. The van der Waals surface area contributed by atoms with Crippen molar-refractivity contribution >= 4 is 5.82 Å². The Morgan fingerprint density at radius 2 is 2.05 bits per heavy atom. The summed E-state index contributed by atoms with van der Waals surface area (Å²) in [4.78, 5) is 9.13. The van der Waals surface area contributed by atoms with Crippen LogP contribution in [-0.2, 0) is 4.74 Å². The molecule has 1 saturated carbocycles. The zero-order valence-corrected chi connectivity index (χ0v) is 12.0. The van der Waals surface area contributed by atoms with Crippen LogP contribution in [0.5, 0.6) is 0 Å². The second kappa shape index (κ2) is 5.08. The van der Waals surface area contributed by atoms with Gasteiger partial charge in [0.15, 0.2) is 0 Å². The topological polar surface area (TPSA) is 47.0 Å². The summed E-state index contributed by atoms with van der Waals surface area (Å²) in [6, 6.07) is 2.45. The van der Waals surface area contributed by atoms with Crippen LogP contribution in [0.3, 0.4) is 0 Å². The van der Waals surface area contributed by atoms with Crippen LogP contribution in [0.4, 0.5) is 5.82 Å². The summed E-state index contributed by atoms with van der Waals surface area (Å²) < 4.78 is 5.86. The predicted octanol–water partition coefficient (Wildman–Crippen LogP) is 2.89. The van der Waals surface area contributed by atoms with Crippen LogP contribution in [0.15, 0.2) is 6.07 Å². The van der Waals surface area contributed by atoms with Crippen LogP contribution in [0.2, 0.25) is 0 Å². The Morgan fingerprint density at radius 3 is 2.74 bits per heavy atom. The number of hydrogen-bond donors (Lipinski definition) is 1. The molecule has 4 heteroatoms. The Labute approximate surface area is 115 Å². The minimum Gasteiger partial charge on any atom is -0.376 e. The van der Waals surface area contributed by atoms with E-state index in [0.717, 1.165) is 36.3 Å². The van der Waals surface area contributed by atoms with Crippen LogP contribution in [0.1, 0.15) is 50.5 Å². The molecule has 1 aliphatic heterocycles. The molecule has 1 aromatic heterocycles. The molecule has 1 aliphatic carbocycles. The molecular weight excluding hydrogens is 238 g/mol. The molecule has 2 unspecified atom stereocenters. The van der Waals surface area contributed by atoms with E-state index in [1.807, 2.05) is 13.0 Å². The van der Waals surface area contributed by atoms with E-state index < -0.39 is 0 Å². The molecule has 2 atom stereocenters. The van der Waals surface area contributed by atoms with Crippen molar-refractivity contribution in [2.75, 3.05) is 11.9 Å². The van der Waals surface area contributed by atoms with Gasteiger partial charge in [-0.25, -0.2) is 9.97 Å². The summed E-state index contributed by atoms with van der Waals surface area (Å²) in [5.74, 6) is 3.01. The molecule has 1 aromatic rings. The molecule has 0 amide bonds. The minimum atomic E-state index is 0.361. The van der Waals surface area contributed by atoms with Crippen molar-refractivity contribution in [3.8, 4) is 0 Å². The lowest BCUT2D eigenvalue weighted by Gasteiger charge is -2.20. The Morgan fingerprint density at radius 1 is 1.26 bits per heavy atom. The van der Waals surface area contributed by atoms with Crippen molar-refractivity contribution < 1.29 is 4.74 Å². The molecule has 2 aliphatic rings. The quantitative estimate of drug-likeness (QED) is 0.905. The van der Waals surface area contributed by atoms with E-state index >= 15 is 0 Å². The highest BCUT2D eigenvalue weighted by atomic mass is 16.5. The summed E-state index contributed by atoms with van der Waals surface area (Å²) >= 11 is 0. The van der Waals surface area contributed by atoms with Gasteiger partial charge in [0.05, 0.1) is 12.1 Å². The molecule has 0 bridgehead atoms. The Bertz CT molecular complexity index is 457. The third kappa shape index (κ3) is 2.89. The lowest BCUT2D eigenvalue weighted by molar-refractivity contribution is 0.0898. The van der Waals surface area contributed by atoms with Gasteiger partial charge < -0.3 is 10.1 Å². The fraction of sp³-hybridized carbons (Fsp3) is 0.733. The monoisotopic (exact) mass is 261 g/mol. The molecule has 2 fully saturated rings. The van der Waals surface area contributed by atoms with E-state index in [9.17, 15) is 0 Å². The van der Waals surface area contributed by atoms with E-state index in [1.54, 1.807) is 0 Å². The van der Waals surface area contributed by atoms with Crippen LogP contribution in [0.25, 0.3) is 0 Å². The highest BCUT2D eigenvalue weighted by Gasteiger charge is 2.40. The van der Waals surface area contributed by atoms with Crippen LogP contribution < -0.4 is 5.32 Å². The molecule has 19 heavy (non-hydrogen) atoms. The normalized spacial score (nSPS) is 26.9. The SMILES string of the molecule is Cc1cc(NC2CCOC2C2CC2)nc(C(C)C)n1.